The molecule has 0 aromatic carbocycles. The molecule has 0 radical (unpaired) electrons. The van der Waals surface area contributed by atoms with Crippen LogP contribution in [0, 0.1) is 0 Å². The summed E-state index contributed by atoms with van der Waals surface area (Å²) < 4.78 is 6.02. The van der Waals surface area contributed by atoms with Crippen LogP contribution in [-0.4, -0.2) is 29.3 Å². The molecule has 8 nitrogen and oxygen atoms in total. The monoisotopic (exact) mass is 387 g/mol. The maximum Gasteiger partial charge on any atom is 0.202 e. The summed E-state index contributed by atoms with van der Waals surface area (Å²) >= 11 is 0. The Balaban J connectivity index is 1.34. The summed E-state index contributed by atoms with van der Waals surface area (Å²) in [5.41, 5.74) is 6.25. The number of anilines is 1. The van der Waals surface area contributed by atoms with Crippen LogP contribution < -0.4 is 10.1 Å². The molecule has 4 aromatic rings. The molecule has 4 heterocycles. The lowest BCUT2D eigenvalue weighted by Crippen LogP contribution is -2.41. The van der Waals surface area contributed by atoms with Crippen LogP contribution in [0.5, 0.6) is 0 Å². The topological polar surface area (TPSA) is 77.3 Å². The zero-order chi connectivity index (χ0) is 19.8. The molecule has 146 valence electrons. The minimum Gasteiger partial charge on any atom is -0.309 e. The van der Waals surface area contributed by atoms with Gasteiger partial charge in [0.05, 0.1) is 17.7 Å². The van der Waals surface area contributed by atoms with Crippen molar-refractivity contribution in [3.63, 3.8) is 0 Å². The predicted molar refractivity (Wildman–Crippen MR) is 108 cm³/mol. The first-order valence-electron chi connectivity index (χ1n) is 9.87. The number of pyridine rings is 2. The Morgan fingerprint density at radius 1 is 1.10 bits per heavy atom. The minimum atomic E-state index is 0.413. The fourth-order valence-corrected chi connectivity index (χ4v) is 3.24. The average molecular weight is 387 g/mol. The maximum atomic E-state index is 4.71. The second-order valence-electron chi connectivity index (χ2n) is 7.64. The van der Waals surface area contributed by atoms with Gasteiger partial charge in [-0.25, -0.2) is 9.97 Å². The first-order valence-corrected chi connectivity index (χ1v) is 9.87. The van der Waals surface area contributed by atoms with Crippen molar-refractivity contribution >= 4 is 5.82 Å². The van der Waals surface area contributed by atoms with Crippen molar-refractivity contribution in [1.29, 1.82) is 0 Å². The summed E-state index contributed by atoms with van der Waals surface area (Å²) in [6, 6.07) is 10.5. The molecule has 1 fully saturated rings. The van der Waals surface area contributed by atoms with E-state index in [1.165, 1.54) is 12.8 Å². The number of rotatable bonds is 6. The van der Waals surface area contributed by atoms with Crippen LogP contribution in [0.15, 0.2) is 61.6 Å². The Morgan fingerprint density at radius 3 is 2.66 bits per heavy atom. The summed E-state index contributed by atoms with van der Waals surface area (Å²) in [7, 11) is 0. The van der Waals surface area contributed by atoms with Gasteiger partial charge < -0.3 is 9.13 Å². The largest absolute Gasteiger partial charge is 0.309 e. The van der Waals surface area contributed by atoms with E-state index in [1.54, 1.807) is 6.33 Å². The molecule has 8 heteroatoms. The van der Waals surface area contributed by atoms with Crippen molar-refractivity contribution in [2.24, 2.45) is 0 Å². The van der Waals surface area contributed by atoms with Gasteiger partial charge in [-0.3, -0.25) is 0 Å². The summed E-state index contributed by atoms with van der Waals surface area (Å²) in [6.45, 7) is 4.29. The number of nitrogens with one attached hydrogen (secondary N) is 1. The SMILES string of the molecule is CC(C)c1cn(-c2cc[n+](Nc3cccc(-c4nncn4C4CC4)n3)cc2)cn1. The third-order valence-electron chi connectivity index (χ3n) is 5.04. The zero-order valence-electron chi connectivity index (χ0n) is 16.5. The second kappa shape index (κ2) is 7.12. The van der Waals surface area contributed by atoms with Crippen LogP contribution in [0.3, 0.4) is 0 Å². The second-order valence-corrected chi connectivity index (χ2v) is 7.64. The fraction of sp³-hybridized carbons (Fsp3) is 0.286. The molecular weight excluding hydrogens is 364 g/mol. The van der Waals surface area contributed by atoms with Gasteiger partial charge in [-0.2, -0.15) is 0 Å². The quantitative estimate of drug-likeness (QED) is 0.514. The van der Waals surface area contributed by atoms with Gasteiger partial charge >= 0.3 is 0 Å². The first-order chi connectivity index (χ1) is 14.2. The third kappa shape index (κ3) is 3.61. The molecule has 5 rings (SSSR count). The fourth-order valence-electron chi connectivity index (χ4n) is 3.24. The van der Waals surface area contributed by atoms with Crippen molar-refractivity contribution in [2.75, 3.05) is 5.43 Å². The zero-order valence-corrected chi connectivity index (χ0v) is 16.5. The molecule has 1 aliphatic rings. The van der Waals surface area contributed by atoms with Crippen molar-refractivity contribution in [3.05, 3.63) is 67.3 Å². The standard InChI is InChI=1S/C21H23N8/c1-15(2)19-12-27(13-22-19)16-8-10-28(11-9-16)26-20-5-3-4-18(24-20)21-25-23-14-29(21)17-6-7-17/h3-5,8-15,17H,6-7H2,1-2H3,(H,24,26)/q+1. The molecule has 0 amide bonds. The summed E-state index contributed by atoms with van der Waals surface area (Å²) in [5.74, 6) is 1.98. The van der Waals surface area contributed by atoms with Crippen LogP contribution in [0.4, 0.5) is 5.82 Å². The molecule has 1 aliphatic carbocycles. The van der Waals surface area contributed by atoms with Gasteiger partial charge in [0.2, 0.25) is 12.4 Å². The van der Waals surface area contributed by atoms with Gasteiger partial charge in [-0.1, -0.05) is 24.6 Å². The van der Waals surface area contributed by atoms with Crippen LogP contribution in [0.25, 0.3) is 17.2 Å². The van der Waals surface area contributed by atoms with E-state index in [-0.39, 0.29) is 0 Å². The van der Waals surface area contributed by atoms with Crippen molar-refractivity contribution < 1.29 is 4.68 Å². The van der Waals surface area contributed by atoms with Crippen molar-refractivity contribution in [3.8, 4) is 17.2 Å². The van der Waals surface area contributed by atoms with Gasteiger partial charge in [-0.15, -0.1) is 15.6 Å². The number of hydrogen-bond donors (Lipinski definition) is 1. The third-order valence-corrected chi connectivity index (χ3v) is 5.04. The number of imidazole rings is 1. The van der Waals surface area contributed by atoms with E-state index in [2.05, 4.69) is 45.2 Å². The molecule has 0 spiro atoms. The van der Waals surface area contributed by atoms with Gasteiger partial charge in [0.25, 0.3) is 0 Å². The molecule has 1 N–H and O–H groups in total. The van der Waals surface area contributed by atoms with E-state index in [0.29, 0.717) is 12.0 Å². The van der Waals surface area contributed by atoms with E-state index in [4.69, 9.17) is 4.98 Å². The Bertz CT molecular complexity index is 1120. The Morgan fingerprint density at radius 2 is 1.93 bits per heavy atom. The van der Waals surface area contributed by atoms with Crippen LogP contribution in [0.2, 0.25) is 0 Å². The highest BCUT2D eigenvalue weighted by Gasteiger charge is 2.27. The summed E-state index contributed by atoms with van der Waals surface area (Å²) in [5, 5.41) is 8.33. The first kappa shape index (κ1) is 17.5. The van der Waals surface area contributed by atoms with E-state index in [9.17, 15) is 0 Å². The van der Waals surface area contributed by atoms with E-state index >= 15 is 0 Å². The molecular formula is C21H23N8+. The van der Waals surface area contributed by atoms with Gasteiger partial charge in [0.15, 0.2) is 11.6 Å². The lowest BCUT2D eigenvalue weighted by Gasteiger charge is -2.06. The van der Waals surface area contributed by atoms with Crippen molar-refractivity contribution in [1.82, 2.24) is 29.3 Å². The summed E-state index contributed by atoms with van der Waals surface area (Å²) in [6.07, 6.45) is 12.0. The molecule has 0 unspecified atom stereocenters. The van der Waals surface area contributed by atoms with Gasteiger partial charge in [-0.05, 0) is 30.9 Å². The minimum absolute atomic E-state index is 0.413. The van der Waals surface area contributed by atoms with Gasteiger partial charge in [0, 0.05) is 24.4 Å². The predicted octanol–water partition coefficient (Wildman–Crippen LogP) is 3.15. The summed E-state index contributed by atoms with van der Waals surface area (Å²) in [4.78, 5) is 9.17. The van der Waals surface area contributed by atoms with E-state index in [0.717, 1.165) is 28.7 Å². The lowest BCUT2D eigenvalue weighted by molar-refractivity contribution is -0.643. The molecule has 0 saturated heterocycles. The molecule has 1 saturated carbocycles. The highest BCUT2D eigenvalue weighted by atomic mass is 15.4. The van der Waals surface area contributed by atoms with Crippen LogP contribution >= 0.6 is 0 Å². The smallest absolute Gasteiger partial charge is 0.202 e. The molecule has 0 bridgehead atoms. The van der Waals surface area contributed by atoms with E-state index < -0.39 is 0 Å². The number of nitrogens with zero attached hydrogens (tertiary/aromatic N) is 7. The highest BCUT2D eigenvalue weighted by molar-refractivity contribution is 5.53. The van der Waals surface area contributed by atoms with E-state index in [1.807, 2.05) is 58.3 Å². The molecule has 29 heavy (non-hydrogen) atoms. The highest BCUT2D eigenvalue weighted by Crippen LogP contribution is 2.37. The molecule has 0 atom stereocenters. The van der Waals surface area contributed by atoms with Gasteiger partial charge in [0.1, 0.15) is 12.0 Å². The van der Waals surface area contributed by atoms with Crippen LogP contribution in [-0.2, 0) is 0 Å². The van der Waals surface area contributed by atoms with Crippen molar-refractivity contribution in [2.45, 2.75) is 38.6 Å². The normalized spacial score (nSPS) is 13.8. The molecule has 4 aromatic heterocycles. The van der Waals surface area contributed by atoms with Crippen LogP contribution in [0.1, 0.15) is 44.3 Å². The molecule has 0 aliphatic heterocycles. The Hall–Kier alpha value is -3.55. The number of aromatic nitrogens is 7. The lowest BCUT2D eigenvalue weighted by atomic mass is 10.2. The number of hydrogen-bond acceptors (Lipinski definition) is 5. The Kier molecular flexibility index (Phi) is 4.31. The maximum absolute atomic E-state index is 4.71. The average Bonchev–Trinajstić information content (AvgIpc) is 3.25. The Labute approximate surface area is 168 Å².